The second-order valence-corrected chi connectivity index (χ2v) is 4.70. The topological polar surface area (TPSA) is 75.6 Å². The fourth-order valence-corrected chi connectivity index (χ4v) is 1.84. The van der Waals surface area contributed by atoms with Gasteiger partial charge in [-0.05, 0) is 31.9 Å². The molecule has 1 aromatic carbocycles. The number of hydrogen-bond acceptors (Lipinski definition) is 3. The number of amides is 1. The molecular formula is C15H20FNO4. The van der Waals surface area contributed by atoms with Gasteiger partial charge in [0.05, 0.1) is 0 Å². The number of nitrogens with one attached hydrogen (secondary N) is 1. The van der Waals surface area contributed by atoms with E-state index in [2.05, 4.69) is 5.32 Å². The highest BCUT2D eigenvalue weighted by molar-refractivity contribution is 5.91. The molecule has 0 radical (unpaired) electrons. The van der Waals surface area contributed by atoms with Gasteiger partial charge in [-0.1, -0.05) is 19.9 Å². The van der Waals surface area contributed by atoms with Crippen LogP contribution < -0.4 is 10.1 Å². The standard InChI is InChI=1S/C15H20FNO4/c1-4-10(5-2)17-14(18)9(3)21-13-11(15(19)20)7-6-8-12(13)16/h6-10H,4-5H2,1-3H3,(H,17,18)(H,19,20). The van der Waals surface area contributed by atoms with Gasteiger partial charge in [-0.25, -0.2) is 9.18 Å². The molecule has 0 heterocycles. The molecule has 0 bridgehead atoms. The van der Waals surface area contributed by atoms with Crippen molar-refractivity contribution in [2.75, 3.05) is 0 Å². The summed E-state index contributed by atoms with van der Waals surface area (Å²) in [5.41, 5.74) is -0.308. The number of carboxylic acids is 1. The van der Waals surface area contributed by atoms with E-state index in [0.29, 0.717) is 0 Å². The van der Waals surface area contributed by atoms with Crippen molar-refractivity contribution in [2.24, 2.45) is 0 Å². The van der Waals surface area contributed by atoms with Gasteiger partial charge in [0.1, 0.15) is 5.56 Å². The molecule has 2 N–H and O–H groups in total. The summed E-state index contributed by atoms with van der Waals surface area (Å²) >= 11 is 0. The van der Waals surface area contributed by atoms with Gasteiger partial charge in [0.2, 0.25) is 0 Å². The van der Waals surface area contributed by atoms with Crippen LogP contribution in [0.5, 0.6) is 5.75 Å². The first-order valence-corrected chi connectivity index (χ1v) is 6.89. The number of carboxylic acid groups (broad SMARTS) is 1. The first-order valence-electron chi connectivity index (χ1n) is 6.89. The maximum Gasteiger partial charge on any atom is 0.339 e. The van der Waals surface area contributed by atoms with Crippen LogP contribution in [-0.4, -0.2) is 29.1 Å². The van der Waals surface area contributed by atoms with Crippen molar-refractivity contribution in [3.05, 3.63) is 29.6 Å². The first-order chi connectivity index (χ1) is 9.90. The van der Waals surface area contributed by atoms with Crippen LogP contribution in [0.2, 0.25) is 0 Å². The molecule has 1 rings (SSSR count). The Morgan fingerprint density at radius 3 is 2.48 bits per heavy atom. The number of ether oxygens (including phenoxy) is 1. The largest absolute Gasteiger partial charge is 0.478 e. The van der Waals surface area contributed by atoms with Gasteiger partial charge in [0.25, 0.3) is 5.91 Å². The quantitative estimate of drug-likeness (QED) is 0.811. The van der Waals surface area contributed by atoms with E-state index in [1.165, 1.54) is 19.1 Å². The van der Waals surface area contributed by atoms with Crippen molar-refractivity contribution >= 4 is 11.9 Å². The summed E-state index contributed by atoms with van der Waals surface area (Å²) < 4.78 is 18.9. The highest BCUT2D eigenvalue weighted by Gasteiger charge is 2.22. The average Bonchev–Trinajstić information content (AvgIpc) is 2.46. The van der Waals surface area contributed by atoms with Gasteiger partial charge in [0.15, 0.2) is 17.7 Å². The van der Waals surface area contributed by atoms with Gasteiger partial charge in [-0.3, -0.25) is 4.79 Å². The maximum atomic E-state index is 13.7. The summed E-state index contributed by atoms with van der Waals surface area (Å²) in [4.78, 5) is 23.0. The first kappa shape index (κ1) is 16.9. The van der Waals surface area contributed by atoms with Gasteiger partial charge in [-0.2, -0.15) is 0 Å². The summed E-state index contributed by atoms with van der Waals surface area (Å²) in [7, 11) is 0. The zero-order valence-corrected chi connectivity index (χ0v) is 12.4. The lowest BCUT2D eigenvalue weighted by molar-refractivity contribution is -0.128. The number of rotatable bonds is 7. The van der Waals surface area contributed by atoms with E-state index in [-0.39, 0.29) is 11.6 Å². The van der Waals surface area contributed by atoms with Crippen LogP contribution in [-0.2, 0) is 4.79 Å². The Morgan fingerprint density at radius 2 is 1.95 bits per heavy atom. The summed E-state index contributed by atoms with van der Waals surface area (Å²) in [6.07, 6.45) is 0.560. The van der Waals surface area contributed by atoms with Crippen molar-refractivity contribution < 1.29 is 23.8 Å². The molecule has 1 aromatic rings. The third kappa shape index (κ3) is 4.44. The fourth-order valence-electron chi connectivity index (χ4n) is 1.84. The molecule has 0 fully saturated rings. The molecule has 0 aromatic heterocycles. The summed E-state index contributed by atoms with van der Waals surface area (Å²) in [5, 5.41) is 11.8. The van der Waals surface area contributed by atoms with Crippen LogP contribution in [0.3, 0.4) is 0 Å². The van der Waals surface area contributed by atoms with Crippen molar-refractivity contribution in [3.8, 4) is 5.75 Å². The highest BCUT2D eigenvalue weighted by Crippen LogP contribution is 2.24. The molecule has 21 heavy (non-hydrogen) atoms. The molecule has 6 heteroatoms. The molecule has 116 valence electrons. The number of carbonyl (C=O) groups is 2. The van der Waals surface area contributed by atoms with Crippen LogP contribution >= 0.6 is 0 Å². The van der Waals surface area contributed by atoms with E-state index >= 15 is 0 Å². The third-order valence-electron chi connectivity index (χ3n) is 3.19. The molecule has 1 unspecified atom stereocenters. The van der Waals surface area contributed by atoms with E-state index in [1.54, 1.807) is 0 Å². The molecule has 0 aliphatic rings. The lowest BCUT2D eigenvalue weighted by Gasteiger charge is -2.20. The van der Waals surface area contributed by atoms with Crippen molar-refractivity contribution in [2.45, 2.75) is 45.8 Å². The minimum Gasteiger partial charge on any atom is -0.478 e. The number of halogens is 1. The number of aromatic carboxylic acids is 1. The monoisotopic (exact) mass is 297 g/mol. The van der Waals surface area contributed by atoms with Gasteiger partial charge in [0, 0.05) is 6.04 Å². The van der Waals surface area contributed by atoms with Crippen LogP contribution in [0.4, 0.5) is 4.39 Å². The predicted octanol–water partition coefficient (Wildman–Crippen LogP) is 2.60. The Balaban J connectivity index is 2.86. The van der Waals surface area contributed by atoms with Crippen molar-refractivity contribution in [1.82, 2.24) is 5.32 Å². The number of carbonyl (C=O) groups excluding carboxylic acids is 1. The Bertz CT molecular complexity index is 514. The molecule has 5 nitrogen and oxygen atoms in total. The van der Waals surface area contributed by atoms with Gasteiger partial charge >= 0.3 is 5.97 Å². The van der Waals surface area contributed by atoms with E-state index < -0.39 is 29.5 Å². The zero-order chi connectivity index (χ0) is 16.0. The Hall–Kier alpha value is -2.11. The molecular weight excluding hydrogens is 277 g/mol. The number of para-hydroxylation sites is 1. The Morgan fingerprint density at radius 1 is 1.33 bits per heavy atom. The molecule has 0 saturated heterocycles. The Kier molecular flexibility index (Phi) is 6.14. The lowest BCUT2D eigenvalue weighted by atomic mass is 10.1. The van der Waals surface area contributed by atoms with Crippen molar-refractivity contribution in [3.63, 3.8) is 0 Å². The van der Waals surface area contributed by atoms with E-state index in [4.69, 9.17) is 9.84 Å². The summed E-state index contributed by atoms with van der Waals surface area (Å²) in [6, 6.07) is 3.61. The molecule has 0 aliphatic heterocycles. The predicted molar refractivity (Wildman–Crippen MR) is 76.0 cm³/mol. The smallest absolute Gasteiger partial charge is 0.339 e. The van der Waals surface area contributed by atoms with E-state index in [0.717, 1.165) is 18.9 Å². The highest BCUT2D eigenvalue weighted by atomic mass is 19.1. The average molecular weight is 297 g/mol. The summed E-state index contributed by atoms with van der Waals surface area (Å²) in [6.45, 7) is 5.34. The number of hydrogen-bond donors (Lipinski definition) is 2. The molecule has 1 amide bonds. The zero-order valence-electron chi connectivity index (χ0n) is 12.4. The van der Waals surface area contributed by atoms with Gasteiger partial charge < -0.3 is 15.2 Å². The minimum atomic E-state index is -1.31. The fraction of sp³-hybridized carbons (Fsp3) is 0.467. The van der Waals surface area contributed by atoms with Gasteiger partial charge in [-0.15, -0.1) is 0 Å². The van der Waals surface area contributed by atoms with Crippen molar-refractivity contribution in [1.29, 1.82) is 0 Å². The second kappa shape index (κ2) is 7.61. The molecule has 0 spiro atoms. The van der Waals surface area contributed by atoms with Crippen LogP contribution in [0.15, 0.2) is 18.2 Å². The Labute approximate surface area is 123 Å². The maximum absolute atomic E-state index is 13.7. The molecule has 1 atom stereocenters. The molecule has 0 saturated carbocycles. The van der Waals surface area contributed by atoms with E-state index in [1.807, 2.05) is 13.8 Å². The SMILES string of the molecule is CCC(CC)NC(=O)C(C)Oc1c(F)cccc1C(=O)O. The number of benzene rings is 1. The second-order valence-electron chi connectivity index (χ2n) is 4.70. The minimum absolute atomic E-state index is 0.0168. The van der Waals surface area contributed by atoms with Crippen LogP contribution in [0.25, 0.3) is 0 Å². The normalized spacial score (nSPS) is 12.0. The van der Waals surface area contributed by atoms with Crippen LogP contribution in [0, 0.1) is 5.82 Å². The van der Waals surface area contributed by atoms with E-state index in [9.17, 15) is 14.0 Å². The lowest BCUT2D eigenvalue weighted by Crippen LogP contribution is -2.42. The van der Waals surface area contributed by atoms with Crippen LogP contribution in [0.1, 0.15) is 44.0 Å². The molecule has 0 aliphatic carbocycles. The summed E-state index contributed by atoms with van der Waals surface area (Å²) in [5.74, 6) is -2.94. The third-order valence-corrected chi connectivity index (χ3v) is 3.19.